The van der Waals surface area contributed by atoms with E-state index in [1.807, 2.05) is 26.8 Å². The average Bonchev–Trinajstić information content (AvgIpc) is 2.48. The molecule has 0 aliphatic carbocycles. The van der Waals surface area contributed by atoms with Crippen molar-refractivity contribution in [3.05, 3.63) is 47.5 Å². The number of piperidine rings is 1. The topological polar surface area (TPSA) is 62.1 Å². The molecule has 1 unspecified atom stereocenters. The van der Waals surface area contributed by atoms with E-state index in [2.05, 4.69) is 40.4 Å². The fourth-order valence-electron chi connectivity index (χ4n) is 2.13. The summed E-state index contributed by atoms with van der Waals surface area (Å²) in [7, 11) is 0. The van der Waals surface area contributed by atoms with Gasteiger partial charge in [0.25, 0.3) is 6.47 Å². The quantitative estimate of drug-likeness (QED) is 0.670. The Morgan fingerprint density at radius 2 is 2.00 bits per heavy atom. The van der Waals surface area contributed by atoms with Gasteiger partial charge in [0.05, 0.1) is 6.07 Å². The summed E-state index contributed by atoms with van der Waals surface area (Å²) in [4.78, 5) is 9.60. The van der Waals surface area contributed by atoms with Gasteiger partial charge < -0.3 is 10.1 Å². The lowest BCUT2D eigenvalue weighted by Gasteiger charge is -2.25. The fourth-order valence-corrected chi connectivity index (χ4v) is 2.13. The molecule has 1 saturated heterocycles. The van der Waals surface area contributed by atoms with Crippen LogP contribution in [-0.4, -0.2) is 18.6 Å². The number of nitrogens with one attached hydrogen (secondary N) is 1. The second-order valence-electron chi connectivity index (χ2n) is 6.13. The lowest BCUT2D eigenvalue weighted by Crippen LogP contribution is -2.28. The molecule has 0 saturated carbocycles. The van der Waals surface area contributed by atoms with Crippen LogP contribution in [0, 0.1) is 11.3 Å². The first-order valence-electron chi connectivity index (χ1n) is 7.43. The molecule has 1 aromatic carbocycles. The van der Waals surface area contributed by atoms with Crippen LogP contribution in [-0.2, 0) is 9.53 Å². The maximum Gasteiger partial charge on any atom is 0.293 e. The SMILES string of the molecule is CC(C)(C)OC=O.N#CC=C1CCNC(c2ccccc2)C1. The molecule has 1 aliphatic heterocycles. The molecule has 1 heterocycles. The second kappa shape index (κ2) is 9.01. The van der Waals surface area contributed by atoms with Gasteiger partial charge in [-0.05, 0) is 45.7 Å². The predicted octanol–water partition coefficient (Wildman–Crippen LogP) is 3.52. The normalized spacial score (nSPS) is 19.5. The third-order valence-corrected chi connectivity index (χ3v) is 3.18. The Morgan fingerprint density at radius 3 is 2.50 bits per heavy atom. The maximum absolute atomic E-state index is 9.60. The molecule has 0 bridgehead atoms. The molecule has 4 heteroatoms. The summed E-state index contributed by atoms with van der Waals surface area (Å²) in [5.74, 6) is 0. The molecule has 1 N–H and O–H groups in total. The van der Waals surface area contributed by atoms with E-state index in [0.29, 0.717) is 12.5 Å². The standard InChI is InChI=1S/C13H14N2.C5H10O2/c14-8-6-11-7-9-15-13(10-11)12-4-2-1-3-5-12;1-5(2,3)7-4-6/h1-6,13,15H,7,9-10H2;4H,1-3H3. The summed E-state index contributed by atoms with van der Waals surface area (Å²) < 4.78 is 4.55. The van der Waals surface area contributed by atoms with Gasteiger partial charge >= 0.3 is 0 Å². The average molecular weight is 300 g/mol. The number of rotatable bonds is 2. The zero-order chi connectivity index (χ0) is 16.4. The number of carbonyl (C=O) groups is 1. The van der Waals surface area contributed by atoms with Crippen molar-refractivity contribution in [2.24, 2.45) is 0 Å². The summed E-state index contributed by atoms with van der Waals surface area (Å²) in [5.41, 5.74) is 2.24. The zero-order valence-electron chi connectivity index (χ0n) is 13.5. The highest BCUT2D eigenvalue weighted by Crippen LogP contribution is 2.26. The molecule has 4 nitrogen and oxygen atoms in total. The Labute approximate surface area is 132 Å². The van der Waals surface area contributed by atoms with E-state index in [4.69, 9.17) is 5.26 Å². The van der Waals surface area contributed by atoms with Crippen LogP contribution in [0.25, 0.3) is 0 Å². The highest BCUT2D eigenvalue weighted by atomic mass is 16.5. The van der Waals surface area contributed by atoms with Gasteiger partial charge in [0, 0.05) is 12.1 Å². The summed E-state index contributed by atoms with van der Waals surface area (Å²) in [6, 6.07) is 12.9. The lowest BCUT2D eigenvalue weighted by molar-refractivity contribution is -0.138. The molecule has 0 spiro atoms. The number of allylic oxidation sites excluding steroid dienone is 1. The fraction of sp³-hybridized carbons (Fsp3) is 0.444. The molecule has 118 valence electrons. The molecule has 2 rings (SSSR count). The van der Waals surface area contributed by atoms with Gasteiger partial charge in [-0.2, -0.15) is 5.26 Å². The van der Waals surface area contributed by atoms with E-state index < -0.39 is 0 Å². The van der Waals surface area contributed by atoms with Gasteiger partial charge in [-0.25, -0.2) is 0 Å². The number of benzene rings is 1. The van der Waals surface area contributed by atoms with Gasteiger partial charge in [-0.15, -0.1) is 0 Å². The molecular weight excluding hydrogens is 276 g/mol. The van der Waals surface area contributed by atoms with E-state index in [1.54, 1.807) is 6.08 Å². The third kappa shape index (κ3) is 7.05. The molecule has 1 aromatic rings. The number of hydrogen-bond acceptors (Lipinski definition) is 4. The van der Waals surface area contributed by atoms with E-state index in [0.717, 1.165) is 19.4 Å². The van der Waals surface area contributed by atoms with Gasteiger partial charge in [-0.3, -0.25) is 4.79 Å². The first-order valence-corrected chi connectivity index (χ1v) is 7.43. The monoisotopic (exact) mass is 300 g/mol. The minimum Gasteiger partial charge on any atom is -0.462 e. The highest BCUT2D eigenvalue weighted by Gasteiger charge is 2.17. The van der Waals surface area contributed by atoms with Crippen LogP contribution in [0.2, 0.25) is 0 Å². The van der Waals surface area contributed by atoms with Crippen molar-refractivity contribution in [1.29, 1.82) is 5.26 Å². The first kappa shape index (κ1) is 17.9. The Bertz CT molecular complexity index is 524. The molecule has 0 amide bonds. The summed E-state index contributed by atoms with van der Waals surface area (Å²) in [6.45, 7) is 6.89. The Hall–Kier alpha value is -2.12. The molecular formula is C18H24N2O2. The number of hydrogen-bond donors (Lipinski definition) is 1. The molecule has 22 heavy (non-hydrogen) atoms. The summed E-state index contributed by atoms with van der Waals surface area (Å²) >= 11 is 0. The largest absolute Gasteiger partial charge is 0.462 e. The van der Waals surface area contributed by atoms with Crippen LogP contribution in [0.5, 0.6) is 0 Å². The number of nitriles is 1. The molecule has 0 aromatic heterocycles. The van der Waals surface area contributed by atoms with Crippen molar-refractivity contribution >= 4 is 6.47 Å². The van der Waals surface area contributed by atoms with Gasteiger partial charge in [0.2, 0.25) is 0 Å². The number of ether oxygens (including phenoxy) is 1. The van der Waals surface area contributed by atoms with Crippen molar-refractivity contribution in [2.75, 3.05) is 6.54 Å². The molecule has 1 atom stereocenters. The third-order valence-electron chi connectivity index (χ3n) is 3.18. The van der Waals surface area contributed by atoms with Crippen molar-refractivity contribution in [2.45, 2.75) is 45.3 Å². The summed E-state index contributed by atoms with van der Waals surface area (Å²) in [5, 5.41) is 12.1. The van der Waals surface area contributed by atoms with E-state index >= 15 is 0 Å². The second-order valence-corrected chi connectivity index (χ2v) is 6.13. The van der Waals surface area contributed by atoms with Crippen molar-refractivity contribution in [3.8, 4) is 6.07 Å². The van der Waals surface area contributed by atoms with E-state index in [1.165, 1.54) is 11.1 Å². The minimum absolute atomic E-state index is 0.318. The molecule has 1 fully saturated rings. The van der Waals surface area contributed by atoms with Crippen LogP contribution in [0.3, 0.4) is 0 Å². The lowest BCUT2D eigenvalue weighted by atomic mass is 9.93. The van der Waals surface area contributed by atoms with Crippen molar-refractivity contribution in [3.63, 3.8) is 0 Å². The van der Waals surface area contributed by atoms with Gasteiger partial charge in [0.1, 0.15) is 5.60 Å². The van der Waals surface area contributed by atoms with Crippen molar-refractivity contribution < 1.29 is 9.53 Å². The van der Waals surface area contributed by atoms with Crippen LogP contribution in [0.1, 0.15) is 45.2 Å². The molecule has 1 aliphatic rings. The van der Waals surface area contributed by atoms with Crippen LogP contribution in [0.15, 0.2) is 42.0 Å². The number of carbonyl (C=O) groups excluding carboxylic acids is 1. The van der Waals surface area contributed by atoms with Crippen LogP contribution >= 0.6 is 0 Å². The van der Waals surface area contributed by atoms with Gasteiger partial charge in [0.15, 0.2) is 0 Å². The van der Waals surface area contributed by atoms with Crippen LogP contribution < -0.4 is 5.32 Å². The van der Waals surface area contributed by atoms with Gasteiger partial charge in [-0.1, -0.05) is 35.9 Å². The Kier molecular flexibility index (Phi) is 7.34. The predicted molar refractivity (Wildman–Crippen MR) is 87.0 cm³/mol. The Balaban J connectivity index is 0.000000295. The number of nitrogens with zero attached hydrogens (tertiary/aromatic N) is 1. The zero-order valence-corrected chi connectivity index (χ0v) is 13.5. The maximum atomic E-state index is 9.60. The van der Waals surface area contributed by atoms with Crippen LogP contribution in [0.4, 0.5) is 0 Å². The van der Waals surface area contributed by atoms with E-state index in [-0.39, 0.29) is 5.60 Å². The van der Waals surface area contributed by atoms with E-state index in [9.17, 15) is 4.79 Å². The summed E-state index contributed by atoms with van der Waals surface area (Å²) in [6.07, 6.45) is 3.64. The smallest absolute Gasteiger partial charge is 0.293 e. The van der Waals surface area contributed by atoms with Crippen molar-refractivity contribution in [1.82, 2.24) is 5.32 Å². The minimum atomic E-state index is -0.318. The highest BCUT2D eigenvalue weighted by molar-refractivity contribution is 5.37. The first-order chi connectivity index (χ1) is 10.5. The molecule has 0 radical (unpaired) electrons. The Morgan fingerprint density at radius 1 is 1.32 bits per heavy atom.